The number of rotatable bonds is 6. The van der Waals surface area contributed by atoms with Crippen molar-refractivity contribution in [2.75, 3.05) is 18.0 Å². The fraction of sp³-hybridized carbons (Fsp3) is 0.545. The van der Waals surface area contributed by atoms with Crippen LogP contribution in [-0.4, -0.2) is 34.4 Å². The molecule has 0 amide bonds. The average Bonchev–Trinajstić information content (AvgIpc) is 2.73. The molecular formula is C11H15N3O2S. The number of aromatic nitrogens is 2. The highest BCUT2D eigenvalue weighted by atomic mass is 32.1. The SMILES string of the molecule is C#CCN(CCC(=O)O)c1nnc(C(C)C)s1. The Bertz CT molecular complexity index is 423. The van der Waals surface area contributed by atoms with Gasteiger partial charge in [-0.05, 0) is 0 Å². The first-order valence-electron chi connectivity index (χ1n) is 5.28. The van der Waals surface area contributed by atoms with Gasteiger partial charge in [-0.25, -0.2) is 0 Å². The zero-order valence-electron chi connectivity index (χ0n) is 9.88. The van der Waals surface area contributed by atoms with Crippen LogP contribution in [0.1, 0.15) is 31.2 Å². The molecule has 0 aliphatic heterocycles. The van der Waals surface area contributed by atoms with Crippen LogP contribution >= 0.6 is 11.3 Å². The van der Waals surface area contributed by atoms with Crippen LogP contribution in [0, 0.1) is 12.3 Å². The molecule has 1 aromatic rings. The number of carboxylic acid groups (broad SMARTS) is 1. The molecule has 1 aromatic heterocycles. The molecule has 0 unspecified atom stereocenters. The molecule has 0 saturated heterocycles. The predicted molar refractivity (Wildman–Crippen MR) is 67.3 cm³/mol. The molecule has 0 bridgehead atoms. The number of anilines is 1. The Hall–Kier alpha value is -1.61. The largest absolute Gasteiger partial charge is 0.481 e. The van der Waals surface area contributed by atoms with E-state index in [0.29, 0.717) is 24.1 Å². The van der Waals surface area contributed by atoms with Crippen molar-refractivity contribution in [1.29, 1.82) is 0 Å². The standard InChI is InChI=1S/C11H15N3O2S/c1-4-6-14(7-5-9(15)16)11-13-12-10(17-11)8(2)3/h1,8H,5-7H2,2-3H3,(H,15,16). The fourth-order valence-electron chi connectivity index (χ4n) is 1.17. The van der Waals surface area contributed by atoms with Crippen molar-refractivity contribution < 1.29 is 9.90 Å². The summed E-state index contributed by atoms with van der Waals surface area (Å²) in [5, 5.41) is 18.4. The highest BCUT2D eigenvalue weighted by Crippen LogP contribution is 2.25. The molecule has 1 heterocycles. The molecule has 0 aliphatic carbocycles. The number of terminal acetylenes is 1. The summed E-state index contributed by atoms with van der Waals surface area (Å²) in [5.41, 5.74) is 0. The number of aliphatic carboxylic acids is 1. The Morgan fingerprint density at radius 1 is 1.59 bits per heavy atom. The molecule has 0 atom stereocenters. The van der Waals surface area contributed by atoms with Gasteiger partial charge in [-0.1, -0.05) is 31.1 Å². The van der Waals surface area contributed by atoms with Crippen molar-refractivity contribution in [2.45, 2.75) is 26.2 Å². The van der Waals surface area contributed by atoms with E-state index in [2.05, 4.69) is 16.1 Å². The molecule has 1 rings (SSSR count). The molecule has 17 heavy (non-hydrogen) atoms. The van der Waals surface area contributed by atoms with Crippen LogP contribution in [0.5, 0.6) is 0 Å². The van der Waals surface area contributed by atoms with Gasteiger partial charge in [0.2, 0.25) is 5.13 Å². The van der Waals surface area contributed by atoms with Crippen LogP contribution in [0.15, 0.2) is 0 Å². The zero-order chi connectivity index (χ0) is 12.8. The monoisotopic (exact) mass is 253 g/mol. The number of carboxylic acids is 1. The first kappa shape index (κ1) is 13.5. The minimum absolute atomic E-state index is 0.0400. The van der Waals surface area contributed by atoms with E-state index >= 15 is 0 Å². The number of carbonyl (C=O) groups is 1. The number of hydrogen-bond donors (Lipinski definition) is 1. The second kappa shape index (κ2) is 6.21. The van der Waals surface area contributed by atoms with Crippen molar-refractivity contribution in [2.24, 2.45) is 0 Å². The highest BCUT2D eigenvalue weighted by molar-refractivity contribution is 7.15. The summed E-state index contributed by atoms with van der Waals surface area (Å²) >= 11 is 1.46. The molecule has 0 spiro atoms. The van der Waals surface area contributed by atoms with Crippen molar-refractivity contribution in [3.8, 4) is 12.3 Å². The van der Waals surface area contributed by atoms with Crippen molar-refractivity contribution in [3.63, 3.8) is 0 Å². The third kappa shape index (κ3) is 4.04. The Morgan fingerprint density at radius 2 is 2.29 bits per heavy atom. The van der Waals surface area contributed by atoms with Crippen LogP contribution in [0.4, 0.5) is 5.13 Å². The third-order valence-corrected chi connectivity index (χ3v) is 3.36. The van der Waals surface area contributed by atoms with E-state index in [1.165, 1.54) is 11.3 Å². The zero-order valence-corrected chi connectivity index (χ0v) is 10.7. The second-order valence-corrected chi connectivity index (χ2v) is 4.83. The first-order valence-corrected chi connectivity index (χ1v) is 6.09. The molecule has 0 radical (unpaired) electrons. The van der Waals surface area contributed by atoms with E-state index < -0.39 is 5.97 Å². The molecule has 0 aromatic carbocycles. The topological polar surface area (TPSA) is 66.3 Å². The Morgan fingerprint density at radius 3 is 2.76 bits per heavy atom. The van der Waals surface area contributed by atoms with Gasteiger partial charge in [0, 0.05) is 12.5 Å². The molecule has 0 fully saturated rings. The molecule has 0 saturated carbocycles. The summed E-state index contributed by atoms with van der Waals surface area (Å²) in [6.45, 7) is 4.77. The van der Waals surface area contributed by atoms with Crippen molar-refractivity contribution in [3.05, 3.63) is 5.01 Å². The number of nitrogens with zero attached hydrogens (tertiary/aromatic N) is 3. The summed E-state index contributed by atoms with van der Waals surface area (Å²) in [4.78, 5) is 12.3. The predicted octanol–water partition coefficient (Wildman–Crippen LogP) is 1.58. The minimum Gasteiger partial charge on any atom is -0.481 e. The van der Waals surface area contributed by atoms with E-state index in [1.807, 2.05) is 13.8 Å². The lowest BCUT2D eigenvalue weighted by Gasteiger charge is -2.16. The molecule has 1 N–H and O–H groups in total. The molecule has 92 valence electrons. The van der Waals surface area contributed by atoms with Gasteiger partial charge in [-0.15, -0.1) is 16.6 Å². The molecule has 6 heteroatoms. The maximum Gasteiger partial charge on any atom is 0.305 e. The lowest BCUT2D eigenvalue weighted by atomic mass is 10.2. The Kier molecular flexibility index (Phi) is 4.91. The maximum atomic E-state index is 10.5. The second-order valence-electron chi connectivity index (χ2n) is 3.85. The summed E-state index contributed by atoms with van der Waals surface area (Å²) in [6, 6.07) is 0. The summed E-state index contributed by atoms with van der Waals surface area (Å²) in [5.74, 6) is 1.97. The Labute approximate surface area is 104 Å². The van der Waals surface area contributed by atoms with Gasteiger partial charge < -0.3 is 10.0 Å². The van der Waals surface area contributed by atoms with Gasteiger partial charge in [-0.2, -0.15) is 0 Å². The number of hydrogen-bond acceptors (Lipinski definition) is 5. The average molecular weight is 253 g/mol. The van der Waals surface area contributed by atoms with Crippen LogP contribution < -0.4 is 4.90 Å². The summed E-state index contributed by atoms with van der Waals surface area (Å²) < 4.78 is 0. The first-order chi connectivity index (χ1) is 8.04. The van der Waals surface area contributed by atoms with Crippen LogP contribution in [0.2, 0.25) is 0 Å². The van der Waals surface area contributed by atoms with E-state index in [4.69, 9.17) is 11.5 Å². The van der Waals surface area contributed by atoms with Gasteiger partial charge in [0.1, 0.15) is 5.01 Å². The lowest BCUT2D eigenvalue weighted by molar-refractivity contribution is -0.136. The van der Waals surface area contributed by atoms with Gasteiger partial charge >= 0.3 is 5.97 Å². The quantitative estimate of drug-likeness (QED) is 0.780. The van der Waals surface area contributed by atoms with E-state index in [9.17, 15) is 4.79 Å². The third-order valence-electron chi connectivity index (χ3n) is 2.07. The maximum absolute atomic E-state index is 10.5. The molecule has 5 nitrogen and oxygen atoms in total. The van der Waals surface area contributed by atoms with Crippen molar-refractivity contribution in [1.82, 2.24) is 10.2 Å². The van der Waals surface area contributed by atoms with Crippen molar-refractivity contribution >= 4 is 22.4 Å². The molecule has 0 aliphatic rings. The van der Waals surface area contributed by atoms with Gasteiger partial charge in [0.15, 0.2) is 0 Å². The van der Waals surface area contributed by atoms with E-state index in [-0.39, 0.29) is 6.42 Å². The Balaban J connectivity index is 2.75. The van der Waals surface area contributed by atoms with Crippen LogP contribution in [0.3, 0.4) is 0 Å². The van der Waals surface area contributed by atoms with E-state index in [0.717, 1.165) is 5.01 Å². The minimum atomic E-state index is -0.847. The van der Waals surface area contributed by atoms with Gasteiger partial charge in [-0.3, -0.25) is 4.79 Å². The normalized spacial score (nSPS) is 10.2. The summed E-state index contributed by atoms with van der Waals surface area (Å²) in [7, 11) is 0. The van der Waals surface area contributed by atoms with Gasteiger partial charge in [0.05, 0.1) is 13.0 Å². The fourth-order valence-corrected chi connectivity index (χ4v) is 2.04. The lowest BCUT2D eigenvalue weighted by Crippen LogP contribution is -2.26. The smallest absolute Gasteiger partial charge is 0.305 e. The van der Waals surface area contributed by atoms with Crippen LogP contribution in [-0.2, 0) is 4.79 Å². The summed E-state index contributed by atoms with van der Waals surface area (Å²) in [6.07, 6.45) is 5.30. The van der Waals surface area contributed by atoms with Crippen LogP contribution in [0.25, 0.3) is 0 Å². The molecular weight excluding hydrogens is 238 g/mol. The highest BCUT2D eigenvalue weighted by Gasteiger charge is 2.14. The van der Waals surface area contributed by atoms with E-state index in [1.54, 1.807) is 4.90 Å². The van der Waals surface area contributed by atoms with Gasteiger partial charge in [0.25, 0.3) is 0 Å².